The first-order valence-corrected chi connectivity index (χ1v) is 13.6. The lowest BCUT2D eigenvalue weighted by Crippen LogP contribution is -2.40. The Morgan fingerprint density at radius 3 is 2.74 bits per heavy atom. The summed E-state index contributed by atoms with van der Waals surface area (Å²) in [5.41, 5.74) is 1.79. The van der Waals surface area contributed by atoms with Crippen molar-refractivity contribution in [2.45, 2.75) is 80.6 Å². The number of anilines is 2. The molecule has 1 aromatic heterocycles. The van der Waals surface area contributed by atoms with Gasteiger partial charge in [0.15, 0.2) is 21.5 Å². The normalized spacial score (nSPS) is 27.8. The van der Waals surface area contributed by atoms with Crippen molar-refractivity contribution in [1.82, 2.24) is 15.5 Å². The number of carbonyl (C=O) groups is 1. The summed E-state index contributed by atoms with van der Waals surface area (Å²) in [7, 11) is -3.29. The van der Waals surface area contributed by atoms with E-state index in [1.165, 1.54) is 6.07 Å². The van der Waals surface area contributed by atoms with Crippen LogP contribution in [0, 0.1) is 5.82 Å². The Labute approximate surface area is 197 Å². The summed E-state index contributed by atoms with van der Waals surface area (Å²) in [5.74, 6) is -0.387. The van der Waals surface area contributed by atoms with Crippen LogP contribution in [-0.2, 0) is 26.1 Å². The van der Waals surface area contributed by atoms with Crippen LogP contribution in [0.4, 0.5) is 20.7 Å². The van der Waals surface area contributed by atoms with Crippen LogP contribution in [-0.4, -0.2) is 48.1 Å². The molecule has 2 aromatic rings. The van der Waals surface area contributed by atoms with E-state index < -0.39 is 21.7 Å². The molecule has 2 unspecified atom stereocenters. The Kier molecular flexibility index (Phi) is 6.24. The molecule has 2 saturated carbocycles. The van der Waals surface area contributed by atoms with Crippen LogP contribution in [0.5, 0.6) is 0 Å². The molecule has 1 aromatic carbocycles. The number of H-pyrrole nitrogens is 1. The number of fused-ring (bicyclic) bond motifs is 1. The third kappa shape index (κ3) is 5.05. The number of amides is 1. The van der Waals surface area contributed by atoms with E-state index in [1.54, 1.807) is 6.07 Å². The lowest BCUT2D eigenvalue weighted by Gasteiger charge is -2.26. The van der Waals surface area contributed by atoms with Crippen molar-refractivity contribution >= 4 is 27.4 Å². The Morgan fingerprint density at radius 1 is 1.15 bits per heavy atom. The van der Waals surface area contributed by atoms with Crippen molar-refractivity contribution in [1.29, 1.82) is 0 Å². The molecule has 1 amide bonds. The molecular weight excluding hydrogens is 463 g/mol. The van der Waals surface area contributed by atoms with Gasteiger partial charge in [-0.15, -0.1) is 0 Å². The summed E-state index contributed by atoms with van der Waals surface area (Å²) in [5, 5.41) is 22.6. The molecule has 2 heterocycles. The molecule has 9 nitrogen and oxygen atoms in total. The lowest BCUT2D eigenvalue weighted by atomic mass is 9.93. The van der Waals surface area contributed by atoms with E-state index in [9.17, 15) is 22.7 Å². The fourth-order valence-corrected chi connectivity index (χ4v) is 6.80. The topological polar surface area (TPSA) is 133 Å². The maximum atomic E-state index is 14.8. The average molecular weight is 493 g/mol. The third-order valence-corrected chi connectivity index (χ3v) is 8.54. The minimum Gasteiger partial charge on any atom is -0.446 e. The molecule has 11 heteroatoms. The van der Waals surface area contributed by atoms with Crippen LogP contribution in [0.15, 0.2) is 18.2 Å². The largest absolute Gasteiger partial charge is 0.446 e. The molecule has 0 radical (unpaired) electrons. The molecule has 34 heavy (non-hydrogen) atoms. The number of aliphatic hydroxyl groups excluding tert-OH is 1. The van der Waals surface area contributed by atoms with Crippen molar-refractivity contribution < 1.29 is 27.4 Å². The van der Waals surface area contributed by atoms with Gasteiger partial charge in [0.05, 0.1) is 23.3 Å². The van der Waals surface area contributed by atoms with E-state index in [0.29, 0.717) is 30.6 Å². The zero-order valence-corrected chi connectivity index (χ0v) is 19.5. The highest BCUT2D eigenvalue weighted by atomic mass is 32.2. The molecule has 2 atom stereocenters. The molecular formula is C23H29FN4O5S. The summed E-state index contributed by atoms with van der Waals surface area (Å²) >= 11 is 0. The second-order valence-corrected chi connectivity index (χ2v) is 11.7. The lowest BCUT2D eigenvalue weighted by molar-refractivity contribution is 0.0850. The molecule has 0 bridgehead atoms. The monoisotopic (exact) mass is 492 g/mol. The highest BCUT2D eigenvalue weighted by molar-refractivity contribution is 7.90. The van der Waals surface area contributed by atoms with Gasteiger partial charge in [-0.2, -0.15) is 5.10 Å². The minimum atomic E-state index is -3.29. The van der Waals surface area contributed by atoms with E-state index in [1.807, 2.05) is 6.07 Å². The van der Waals surface area contributed by atoms with Gasteiger partial charge >= 0.3 is 6.09 Å². The number of ether oxygens (including phenoxy) is 1. The van der Waals surface area contributed by atoms with E-state index in [-0.39, 0.29) is 46.9 Å². The number of aromatic nitrogens is 2. The van der Waals surface area contributed by atoms with Gasteiger partial charge in [-0.05, 0) is 56.6 Å². The van der Waals surface area contributed by atoms with E-state index in [0.717, 1.165) is 31.4 Å². The number of carbonyl (C=O) groups excluding carboxylic acids is 1. The van der Waals surface area contributed by atoms with Crippen molar-refractivity contribution in [2.24, 2.45) is 0 Å². The number of halogens is 1. The van der Waals surface area contributed by atoms with E-state index >= 15 is 0 Å². The number of alkyl carbamates (subject to hydrolysis) is 1. The SMILES string of the molecule is O=C(NC1CCC(O)CC1)OC1CCC(c2cc(Nc3ccc4c(c3F)CS(=O)(=O)C4)n[nH]2)C1. The smallest absolute Gasteiger partial charge is 0.407 e. The summed E-state index contributed by atoms with van der Waals surface area (Å²) in [6.07, 6.45) is 4.29. The van der Waals surface area contributed by atoms with Crippen LogP contribution in [0.3, 0.4) is 0 Å². The maximum Gasteiger partial charge on any atom is 0.407 e. The number of aliphatic hydroxyl groups is 1. The van der Waals surface area contributed by atoms with Gasteiger partial charge in [-0.3, -0.25) is 5.10 Å². The predicted molar refractivity (Wildman–Crippen MR) is 123 cm³/mol. The average Bonchev–Trinajstić information content (AvgIpc) is 3.50. The zero-order chi connectivity index (χ0) is 23.9. The van der Waals surface area contributed by atoms with Gasteiger partial charge in [0.1, 0.15) is 6.10 Å². The summed E-state index contributed by atoms with van der Waals surface area (Å²) in [6.45, 7) is 0. The van der Waals surface area contributed by atoms with Crippen molar-refractivity contribution in [3.8, 4) is 0 Å². The Bertz CT molecular complexity index is 1180. The Hall–Kier alpha value is -2.66. The molecule has 2 fully saturated rings. The standard InChI is InChI=1S/C23H29FN4O5S/c24-22-18-12-34(31,32)11-14(18)2-8-19(22)26-21-10-20(27-28-21)13-1-7-17(9-13)33-23(30)25-15-3-5-16(29)6-4-15/h2,8,10,13,15-17,29H,1,3-7,9,11-12H2,(H,25,30)(H2,26,27,28). The molecule has 184 valence electrons. The summed E-state index contributed by atoms with van der Waals surface area (Å²) in [6, 6.07) is 5.03. The Morgan fingerprint density at radius 2 is 1.94 bits per heavy atom. The van der Waals surface area contributed by atoms with Crippen LogP contribution in [0.1, 0.15) is 67.7 Å². The Balaban J connectivity index is 1.15. The quantitative estimate of drug-likeness (QED) is 0.503. The fourth-order valence-electron chi connectivity index (χ4n) is 5.21. The third-order valence-electron chi connectivity index (χ3n) is 7.06. The maximum absolute atomic E-state index is 14.8. The number of hydrogen-bond donors (Lipinski definition) is 4. The van der Waals surface area contributed by atoms with E-state index in [4.69, 9.17) is 4.74 Å². The first-order valence-electron chi connectivity index (χ1n) is 11.7. The second-order valence-electron chi connectivity index (χ2n) is 9.62. The number of sulfone groups is 1. The van der Waals surface area contributed by atoms with Gasteiger partial charge in [-0.25, -0.2) is 17.6 Å². The number of hydrogen-bond acceptors (Lipinski definition) is 7. The highest BCUT2D eigenvalue weighted by Gasteiger charge is 2.32. The van der Waals surface area contributed by atoms with Crippen LogP contribution in [0.25, 0.3) is 0 Å². The van der Waals surface area contributed by atoms with Gasteiger partial charge in [0, 0.05) is 29.3 Å². The molecule has 4 N–H and O–H groups in total. The highest BCUT2D eigenvalue weighted by Crippen LogP contribution is 2.37. The second kappa shape index (κ2) is 9.18. The number of nitrogens with one attached hydrogen (secondary N) is 3. The summed E-state index contributed by atoms with van der Waals surface area (Å²) < 4.78 is 44.1. The van der Waals surface area contributed by atoms with Crippen LogP contribution in [0.2, 0.25) is 0 Å². The number of nitrogens with zero attached hydrogens (tertiary/aromatic N) is 1. The minimum absolute atomic E-state index is 0.0501. The first-order chi connectivity index (χ1) is 16.3. The zero-order valence-electron chi connectivity index (χ0n) is 18.7. The first kappa shape index (κ1) is 23.1. The molecule has 0 spiro atoms. The molecule has 1 aliphatic heterocycles. The number of rotatable bonds is 5. The van der Waals surface area contributed by atoms with Gasteiger partial charge in [0.25, 0.3) is 0 Å². The van der Waals surface area contributed by atoms with Crippen molar-refractivity contribution in [2.75, 3.05) is 5.32 Å². The van der Waals surface area contributed by atoms with Gasteiger partial charge in [0.2, 0.25) is 0 Å². The predicted octanol–water partition coefficient (Wildman–Crippen LogP) is 3.39. The molecule has 2 aliphatic carbocycles. The fraction of sp³-hybridized carbons (Fsp3) is 0.565. The van der Waals surface area contributed by atoms with Gasteiger partial charge < -0.3 is 20.5 Å². The van der Waals surface area contributed by atoms with Gasteiger partial charge in [-0.1, -0.05) is 6.07 Å². The van der Waals surface area contributed by atoms with Crippen LogP contribution >= 0.6 is 0 Å². The van der Waals surface area contributed by atoms with Crippen molar-refractivity contribution in [3.63, 3.8) is 0 Å². The molecule has 5 rings (SSSR count). The van der Waals surface area contributed by atoms with Crippen LogP contribution < -0.4 is 10.6 Å². The van der Waals surface area contributed by atoms with Crippen molar-refractivity contribution in [3.05, 3.63) is 40.8 Å². The molecule has 3 aliphatic rings. The summed E-state index contributed by atoms with van der Waals surface area (Å²) in [4.78, 5) is 12.3. The number of benzene rings is 1. The molecule has 0 saturated heterocycles. The van der Waals surface area contributed by atoms with E-state index in [2.05, 4.69) is 20.8 Å². The number of aromatic amines is 1.